The number of H-pyrrole nitrogens is 1. The Kier molecular flexibility index (Phi) is 3.45. The number of aromatic nitrogens is 1. The summed E-state index contributed by atoms with van der Waals surface area (Å²) in [5.74, 6) is 0. The zero-order valence-electron chi connectivity index (χ0n) is 9.36. The summed E-state index contributed by atoms with van der Waals surface area (Å²) in [7, 11) is 0. The molecule has 80 valence electrons. The van der Waals surface area contributed by atoms with Crippen molar-refractivity contribution in [1.82, 2.24) is 4.98 Å². The zero-order valence-corrected chi connectivity index (χ0v) is 10.2. The average Bonchev–Trinajstić information content (AvgIpc) is 2.68. The van der Waals surface area contributed by atoms with E-state index in [1.807, 2.05) is 6.92 Å². The standard InChI is InChI=1S/C14H15NS/c1-11(2)16-9-5-6-12-10-15-14-8-4-3-7-13(12)14/h1,3-4,7-10,15H,5-6H2,2H3/q+2. The molecule has 0 bridgehead atoms. The number of nitrogens with one attached hydrogen (secondary N) is 1. The summed E-state index contributed by atoms with van der Waals surface area (Å²) in [6, 6.07) is 8.40. The van der Waals surface area contributed by atoms with Crippen molar-refractivity contribution < 1.29 is 0 Å². The number of para-hydroxylation sites is 1. The molecule has 16 heavy (non-hydrogen) atoms. The van der Waals surface area contributed by atoms with Crippen LogP contribution in [0.15, 0.2) is 35.4 Å². The number of aryl methyl sites for hydroxylation is 1. The molecule has 1 nitrogen and oxygen atoms in total. The quantitative estimate of drug-likeness (QED) is 0.470. The number of aromatic amines is 1. The van der Waals surface area contributed by atoms with E-state index in [1.165, 1.54) is 16.5 Å². The van der Waals surface area contributed by atoms with Crippen LogP contribution in [-0.4, -0.2) is 10.4 Å². The monoisotopic (exact) mass is 229 g/mol. The number of allylic oxidation sites excluding steroid dienone is 1. The second kappa shape index (κ2) is 5.02. The van der Waals surface area contributed by atoms with Gasteiger partial charge in [-0.2, -0.15) is 0 Å². The molecule has 1 heterocycles. The maximum atomic E-state index is 5.58. The van der Waals surface area contributed by atoms with Gasteiger partial charge in [0.05, 0.1) is 6.92 Å². The molecule has 2 heteroatoms. The molecule has 0 fully saturated rings. The summed E-state index contributed by atoms with van der Waals surface area (Å²) in [4.78, 5) is 4.19. The second-order valence-corrected chi connectivity index (χ2v) is 5.01. The lowest BCUT2D eigenvalue weighted by molar-refractivity contribution is 1.08. The van der Waals surface area contributed by atoms with Gasteiger partial charge in [-0.3, -0.25) is 0 Å². The molecule has 1 aromatic carbocycles. The zero-order chi connectivity index (χ0) is 11.4. The first-order valence-corrected chi connectivity index (χ1v) is 6.27. The molecule has 0 aliphatic rings. The van der Waals surface area contributed by atoms with Gasteiger partial charge in [-0.1, -0.05) is 18.2 Å². The van der Waals surface area contributed by atoms with Gasteiger partial charge in [-0.15, -0.1) is 0 Å². The highest BCUT2D eigenvalue weighted by Gasteiger charge is 2.05. The van der Waals surface area contributed by atoms with Gasteiger partial charge >= 0.3 is 4.91 Å². The van der Waals surface area contributed by atoms with Crippen molar-refractivity contribution in [3.05, 3.63) is 47.5 Å². The SMILES string of the molecule is [CH+]=C(C)[S+]=CCCc1c[nH]c2ccccc12. The Morgan fingerprint density at radius 3 is 3.06 bits per heavy atom. The molecular formula is C14H15NS+2. The molecule has 0 unspecified atom stereocenters. The van der Waals surface area contributed by atoms with Crippen molar-refractivity contribution in [3.63, 3.8) is 0 Å². The maximum absolute atomic E-state index is 5.58. The maximum Gasteiger partial charge on any atom is 0.427 e. The molecule has 0 atom stereocenters. The molecule has 0 aliphatic heterocycles. The number of benzene rings is 1. The Morgan fingerprint density at radius 1 is 1.44 bits per heavy atom. The number of rotatable bonds is 4. The van der Waals surface area contributed by atoms with Crippen LogP contribution in [0, 0.1) is 6.58 Å². The van der Waals surface area contributed by atoms with E-state index >= 15 is 0 Å². The van der Waals surface area contributed by atoms with Crippen LogP contribution in [0.1, 0.15) is 18.9 Å². The van der Waals surface area contributed by atoms with Gasteiger partial charge in [0.25, 0.3) is 17.9 Å². The van der Waals surface area contributed by atoms with Crippen LogP contribution >= 0.6 is 0 Å². The van der Waals surface area contributed by atoms with Gasteiger partial charge in [0, 0.05) is 23.5 Å². The van der Waals surface area contributed by atoms with Gasteiger partial charge in [0.15, 0.2) is 5.37 Å². The second-order valence-electron chi connectivity index (χ2n) is 3.79. The Labute approximate surface area is 100 Å². The predicted molar refractivity (Wildman–Crippen MR) is 73.5 cm³/mol. The fraction of sp³-hybridized carbons (Fsp3) is 0.214. The third-order valence-electron chi connectivity index (χ3n) is 2.48. The lowest BCUT2D eigenvalue weighted by atomic mass is 10.1. The molecule has 0 amide bonds. The third-order valence-corrected chi connectivity index (χ3v) is 3.25. The highest BCUT2D eigenvalue weighted by molar-refractivity contribution is 7.81. The summed E-state index contributed by atoms with van der Waals surface area (Å²) in [6.07, 6.45) is 4.20. The van der Waals surface area contributed by atoms with Crippen LogP contribution in [0.25, 0.3) is 10.9 Å². The lowest BCUT2D eigenvalue weighted by Gasteiger charge is -1.93. The summed E-state index contributed by atoms with van der Waals surface area (Å²) < 4.78 is 0. The van der Waals surface area contributed by atoms with Gasteiger partial charge in [0.1, 0.15) is 0 Å². The molecule has 2 aromatic rings. The van der Waals surface area contributed by atoms with Crippen LogP contribution < -0.4 is 0 Å². The van der Waals surface area contributed by atoms with Gasteiger partial charge < -0.3 is 4.98 Å². The van der Waals surface area contributed by atoms with E-state index in [4.69, 9.17) is 6.58 Å². The molecule has 0 spiro atoms. The van der Waals surface area contributed by atoms with E-state index in [0.717, 1.165) is 17.7 Å². The van der Waals surface area contributed by atoms with Crippen LogP contribution in [-0.2, 0) is 17.8 Å². The van der Waals surface area contributed by atoms with Crippen molar-refractivity contribution in [3.8, 4) is 0 Å². The minimum atomic E-state index is 0.902. The van der Waals surface area contributed by atoms with E-state index in [1.54, 1.807) is 11.4 Å². The number of hydrogen-bond donors (Lipinski definition) is 1. The summed E-state index contributed by atoms with van der Waals surface area (Å²) in [5, 5.41) is 3.49. The lowest BCUT2D eigenvalue weighted by Crippen LogP contribution is -1.85. The smallest absolute Gasteiger partial charge is 0.361 e. The molecule has 1 N–H and O–H groups in total. The summed E-state index contributed by atoms with van der Waals surface area (Å²) >= 11 is 1.62. The van der Waals surface area contributed by atoms with Crippen LogP contribution in [0.5, 0.6) is 0 Å². The number of fused-ring (bicyclic) bond motifs is 1. The fourth-order valence-corrected chi connectivity index (χ4v) is 2.24. The minimum Gasteiger partial charge on any atom is -0.361 e. The Balaban J connectivity index is 2.07. The highest BCUT2D eigenvalue weighted by Crippen LogP contribution is 2.18. The highest BCUT2D eigenvalue weighted by atomic mass is 32.1. The average molecular weight is 229 g/mol. The molecule has 0 saturated heterocycles. The third kappa shape index (κ3) is 2.54. The van der Waals surface area contributed by atoms with Crippen molar-refractivity contribution in [2.75, 3.05) is 0 Å². The van der Waals surface area contributed by atoms with Crippen LogP contribution in [0.3, 0.4) is 0 Å². The van der Waals surface area contributed by atoms with Crippen molar-refractivity contribution >= 4 is 27.6 Å². The van der Waals surface area contributed by atoms with Gasteiger partial charge in [0.2, 0.25) is 0 Å². The molecule has 1 aromatic heterocycles. The normalized spacial score (nSPS) is 11.2. The van der Waals surface area contributed by atoms with Crippen LogP contribution in [0.4, 0.5) is 0 Å². The Hall–Kier alpha value is -1.50. The van der Waals surface area contributed by atoms with Crippen molar-refractivity contribution in [2.45, 2.75) is 19.8 Å². The fourth-order valence-electron chi connectivity index (χ4n) is 1.74. The summed E-state index contributed by atoms with van der Waals surface area (Å²) in [5.41, 5.74) is 2.59. The largest absolute Gasteiger partial charge is 0.427 e. The van der Waals surface area contributed by atoms with E-state index in [9.17, 15) is 0 Å². The number of hydrogen-bond acceptors (Lipinski definition) is 0. The van der Waals surface area contributed by atoms with E-state index < -0.39 is 0 Å². The van der Waals surface area contributed by atoms with Gasteiger partial charge in [-0.25, -0.2) is 0 Å². The van der Waals surface area contributed by atoms with Crippen molar-refractivity contribution in [2.24, 2.45) is 0 Å². The molecule has 0 saturated carbocycles. The minimum absolute atomic E-state index is 0.902. The Bertz CT molecular complexity index is 522. The first-order valence-electron chi connectivity index (χ1n) is 5.40. The Morgan fingerprint density at radius 2 is 2.25 bits per heavy atom. The molecule has 2 rings (SSSR count). The van der Waals surface area contributed by atoms with Crippen molar-refractivity contribution in [1.29, 1.82) is 0 Å². The predicted octanol–water partition coefficient (Wildman–Crippen LogP) is 3.32. The van der Waals surface area contributed by atoms with E-state index in [-0.39, 0.29) is 0 Å². The van der Waals surface area contributed by atoms with Crippen LogP contribution in [0.2, 0.25) is 0 Å². The van der Waals surface area contributed by atoms with E-state index in [2.05, 4.69) is 40.8 Å². The molecule has 0 aliphatic carbocycles. The van der Waals surface area contributed by atoms with E-state index in [0.29, 0.717) is 0 Å². The van der Waals surface area contributed by atoms with Gasteiger partial charge in [-0.05, 0) is 18.1 Å². The molecule has 0 radical (unpaired) electrons. The summed E-state index contributed by atoms with van der Waals surface area (Å²) in [6.45, 7) is 7.51. The molecular weight excluding hydrogens is 214 g/mol. The first-order chi connectivity index (χ1) is 7.77. The first kappa shape index (κ1) is 11.0. The topological polar surface area (TPSA) is 15.8 Å².